The summed E-state index contributed by atoms with van der Waals surface area (Å²) in [6, 6.07) is 0. The highest BCUT2D eigenvalue weighted by Gasteiger charge is 1.91. The Bertz CT molecular complexity index is 141. The second kappa shape index (κ2) is 5.92. The fourth-order valence-corrected chi connectivity index (χ4v) is 0.603. The zero-order valence-electron chi connectivity index (χ0n) is 7.00. The Morgan fingerprint density at radius 2 is 2.27 bits per heavy atom. The Balaban J connectivity index is 3.20. The molecule has 0 aromatic carbocycles. The van der Waals surface area contributed by atoms with Crippen LogP contribution in [-0.4, -0.2) is 24.2 Å². The molecule has 0 spiro atoms. The average Bonchev–Trinajstić information content (AvgIpc) is 1.85. The van der Waals surface area contributed by atoms with Crippen molar-refractivity contribution in [3.8, 4) is 0 Å². The van der Waals surface area contributed by atoms with Crippen LogP contribution in [0.15, 0.2) is 12.2 Å². The summed E-state index contributed by atoms with van der Waals surface area (Å²) < 4.78 is 0. The molecule has 0 atom stereocenters. The van der Waals surface area contributed by atoms with Gasteiger partial charge in [-0.1, -0.05) is 26.0 Å². The van der Waals surface area contributed by atoms with Gasteiger partial charge in [-0.25, -0.2) is 0 Å². The van der Waals surface area contributed by atoms with Gasteiger partial charge in [0.2, 0.25) is 0 Å². The molecule has 0 amide bonds. The third kappa shape index (κ3) is 9.17. The molecule has 3 nitrogen and oxygen atoms in total. The summed E-state index contributed by atoms with van der Waals surface area (Å²) in [5, 5.41) is 11.0. The van der Waals surface area contributed by atoms with E-state index in [1.54, 1.807) is 0 Å². The molecule has 0 heterocycles. The lowest BCUT2D eigenvalue weighted by Crippen LogP contribution is -2.22. The molecule has 0 saturated carbocycles. The first-order chi connectivity index (χ1) is 5.13. The molecule has 0 rings (SSSR count). The maximum absolute atomic E-state index is 10.0. The van der Waals surface area contributed by atoms with Gasteiger partial charge in [-0.15, -0.1) is 0 Å². The lowest BCUT2D eigenvalue weighted by Gasteiger charge is -1.96. The molecule has 11 heavy (non-hydrogen) atoms. The summed E-state index contributed by atoms with van der Waals surface area (Å²) in [6.07, 6.45) is 3.97. The molecule has 0 aliphatic heterocycles. The van der Waals surface area contributed by atoms with Gasteiger partial charge >= 0.3 is 5.97 Å². The van der Waals surface area contributed by atoms with Crippen LogP contribution < -0.4 is 5.32 Å². The first-order valence-electron chi connectivity index (χ1n) is 3.72. The van der Waals surface area contributed by atoms with Crippen molar-refractivity contribution in [3.63, 3.8) is 0 Å². The average molecular weight is 157 g/mol. The van der Waals surface area contributed by atoms with Gasteiger partial charge in [0.05, 0.1) is 6.54 Å². The summed E-state index contributed by atoms with van der Waals surface area (Å²) in [5.74, 6) is -0.287. The van der Waals surface area contributed by atoms with Crippen LogP contribution in [-0.2, 0) is 4.79 Å². The van der Waals surface area contributed by atoms with Crippen molar-refractivity contribution in [3.05, 3.63) is 12.2 Å². The van der Waals surface area contributed by atoms with Crippen molar-refractivity contribution in [1.29, 1.82) is 0 Å². The molecule has 2 N–H and O–H groups in total. The van der Waals surface area contributed by atoms with Crippen LogP contribution in [0.5, 0.6) is 0 Å². The highest BCUT2D eigenvalue weighted by atomic mass is 16.4. The van der Waals surface area contributed by atoms with Crippen molar-refractivity contribution >= 4 is 5.97 Å². The topological polar surface area (TPSA) is 49.3 Å². The van der Waals surface area contributed by atoms with Crippen molar-refractivity contribution in [2.75, 3.05) is 13.1 Å². The van der Waals surface area contributed by atoms with Gasteiger partial charge in [0, 0.05) is 6.54 Å². The summed E-state index contributed by atoms with van der Waals surface area (Å²) in [6.45, 7) is 4.81. The molecular weight excluding hydrogens is 142 g/mol. The number of carboxylic acids is 1. The minimum absolute atomic E-state index is 0.0302. The molecule has 0 aliphatic rings. The van der Waals surface area contributed by atoms with E-state index in [2.05, 4.69) is 19.2 Å². The van der Waals surface area contributed by atoms with Crippen LogP contribution in [0.3, 0.4) is 0 Å². The van der Waals surface area contributed by atoms with Crippen LogP contribution in [0.4, 0.5) is 0 Å². The minimum Gasteiger partial charge on any atom is -0.480 e. The van der Waals surface area contributed by atoms with E-state index >= 15 is 0 Å². The van der Waals surface area contributed by atoms with Gasteiger partial charge < -0.3 is 10.4 Å². The predicted octanol–water partition coefficient (Wildman–Crippen LogP) is 0.873. The molecule has 64 valence electrons. The quantitative estimate of drug-likeness (QED) is 0.460. The van der Waals surface area contributed by atoms with Crippen LogP contribution >= 0.6 is 0 Å². The number of allylic oxidation sites excluding steroid dienone is 1. The number of carboxylic acid groups (broad SMARTS) is 1. The number of aliphatic carboxylic acids is 1. The smallest absolute Gasteiger partial charge is 0.317 e. The lowest BCUT2D eigenvalue weighted by atomic mass is 10.2. The highest BCUT2D eigenvalue weighted by Crippen LogP contribution is 1.91. The maximum Gasteiger partial charge on any atom is 0.317 e. The molecule has 0 aliphatic carbocycles. The van der Waals surface area contributed by atoms with Crippen LogP contribution in [0.25, 0.3) is 0 Å². The zero-order chi connectivity index (χ0) is 8.69. The Hall–Kier alpha value is -0.830. The van der Waals surface area contributed by atoms with Crippen molar-refractivity contribution in [2.45, 2.75) is 13.8 Å². The molecular formula is C8H15NO2. The predicted molar refractivity (Wildman–Crippen MR) is 44.5 cm³/mol. The molecule has 0 saturated heterocycles. The summed E-state index contributed by atoms with van der Waals surface area (Å²) in [4.78, 5) is 10.0. The summed E-state index contributed by atoms with van der Waals surface area (Å²) in [7, 11) is 0. The number of nitrogens with one attached hydrogen (secondary N) is 1. The molecule has 0 radical (unpaired) electrons. The second-order valence-electron chi connectivity index (χ2n) is 2.70. The first-order valence-corrected chi connectivity index (χ1v) is 3.72. The van der Waals surface area contributed by atoms with Gasteiger partial charge in [0.25, 0.3) is 0 Å². The number of hydrogen-bond donors (Lipinski definition) is 2. The SMILES string of the molecule is CC(C)/C=C\CNCC(=O)O. The van der Waals surface area contributed by atoms with E-state index in [-0.39, 0.29) is 6.54 Å². The van der Waals surface area contributed by atoms with Crippen LogP contribution in [0.1, 0.15) is 13.8 Å². The van der Waals surface area contributed by atoms with E-state index < -0.39 is 5.97 Å². The minimum atomic E-state index is -0.817. The normalized spacial score (nSPS) is 11.2. The van der Waals surface area contributed by atoms with Gasteiger partial charge in [0.15, 0.2) is 0 Å². The summed E-state index contributed by atoms with van der Waals surface area (Å²) in [5.41, 5.74) is 0. The molecule has 3 heteroatoms. The van der Waals surface area contributed by atoms with E-state index in [4.69, 9.17) is 5.11 Å². The lowest BCUT2D eigenvalue weighted by molar-refractivity contribution is -0.135. The molecule has 0 fully saturated rings. The van der Waals surface area contributed by atoms with E-state index in [1.165, 1.54) is 0 Å². The molecule has 0 bridgehead atoms. The third-order valence-corrected chi connectivity index (χ3v) is 1.06. The Labute approximate surface area is 67.1 Å². The van der Waals surface area contributed by atoms with E-state index in [9.17, 15) is 4.79 Å². The van der Waals surface area contributed by atoms with Gasteiger partial charge in [-0.2, -0.15) is 0 Å². The largest absolute Gasteiger partial charge is 0.480 e. The first kappa shape index (κ1) is 10.2. The molecule has 0 aromatic heterocycles. The number of carbonyl (C=O) groups is 1. The van der Waals surface area contributed by atoms with Gasteiger partial charge in [-0.3, -0.25) is 4.79 Å². The van der Waals surface area contributed by atoms with Crippen molar-refractivity contribution in [2.24, 2.45) is 5.92 Å². The van der Waals surface area contributed by atoms with Crippen LogP contribution in [0.2, 0.25) is 0 Å². The maximum atomic E-state index is 10.0. The zero-order valence-corrected chi connectivity index (χ0v) is 7.00. The van der Waals surface area contributed by atoms with Gasteiger partial charge in [0.1, 0.15) is 0 Å². The second-order valence-corrected chi connectivity index (χ2v) is 2.70. The molecule has 0 aromatic rings. The van der Waals surface area contributed by atoms with E-state index in [0.717, 1.165) is 0 Å². The van der Waals surface area contributed by atoms with E-state index in [0.29, 0.717) is 12.5 Å². The Morgan fingerprint density at radius 3 is 2.73 bits per heavy atom. The standard InChI is InChI=1S/C8H15NO2/c1-7(2)4-3-5-9-6-8(10)11/h3-4,7,9H,5-6H2,1-2H3,(H,10,11)/b4-3-. The molecule has 0 unspecified atom stereocenters. The monoisotopic (exact) mass is 157 g/mol. The fraction of sp³-hybridized carbons (Fsp3) is 0.625. The van der Waals surface area contributed by atoms with Crippen molar-refractivity contribution < 1.29 is 9.90 Å². The Morgan fingerprint density at radius 1 is 1.64 bits per heavy atom. The highest BCUT2D eigenvalue weighted by molar-refractivity contribution is 5.68. The van der Waals surface area contributed by atoms with Gasteiger partial charge in [-0.05, 0) is 5.92 Å². The fourth-order valence-electron chi connectivity index (χ4n) is 0.603. The number of rotatable bonds is 5. The summed E-state index contributed by atoms with van der Waals surface area (Å²) >= 11 is 0. The van der Waals surface area contributed by atoms with E-state index in [1.807, 2.05) is 12.2 Å². The third-order valence-electron chi connectivity index (χ3n) is 1.06. The van der Waals surface area contributed by atoms with Crippen LogP contribution in [0, 0.1) is 5.92 Å². The number of hydrogen-bond acceptors (Lipinski definition) is 2. The van der Waals surface area contributed by atoms with Crippen molar-refractivity contribution in [1.82, 2.24) is 5.32 Å². The Kier molecular flexibility index (Phi) is 5.47.